The van der Waals surface area contributed by atoms with E-state index in [1.165, 1.54) is 7.11 Å². The number of hydrogen-bond acceptors (Lipinski definition) is 7. The number of methoxy groups -OCH3 is 1. The molecule has 1 atom stereocenters. The van der Waals surface area contributed by atoms with E-state index in [2.05, 4.69) is 30.2 Å². The zero-order valence-electron chi connectivity index (χ0n) is 19.0. The number of rotatable bonds is 12. The van der Waals surface area contributed by atoms with Crippen LogP contribution in [0.3, 0.4) is 0 Å². The Morgan fingerprint density at radius 2 is 1.74 bits per heavy atom. The first kappa shape index (κ1) is 29.5. The summed E-state index contributed by atoms with van der Waals surface area (Å²) in [5.74, 6) is 0.0156. The number of ether oxygens (including phenoxy) is 1. The summed E-state index contributed by atoms with van der Waals surface area (Å²) in [6.45, 7) is 1.94. The summed E-state index contributed by atoms with van der Waals surface area (Å²) in [7, 11) is 1.33. The molecular formula is C22H30Cl2N6O3S. The van der Waals surface area contributed by atoms with E-state index in [1.54, 1.807) is 42.9 Å². The normalized spacial score (nSPS) is 11.3. The predicted molar refractivity (Wildman–Crippen MR) is 137 cm³/mol. The van der Waals surface area contributed by atoms with Crippen LogP contribution in [0.2, 0.25) is 0 Å². The van der Waals surface area contributed by atoms with Crippen LogP contribution in [-0.4, -0.2) is 61.9 Å². The summed E-state index contributed by atoms with van der Waals surface area (Å²) in [5, 5.41) is 2.81. The highest BCUT2D eigenvalue weighted by Crippen LogP contribution is 2.14. The Kier molecular flexibility index (Phi) is 13.4. The fourth-order valence-corrected chi connectivity index (χ4v) is 3.80. The molecule has 2 aromatic heterocycles. The maximum absolute atomic E-state index is 12.8. The van der Waals surface area contributed by atoms with Gasteiger partial charge in [0.05, 0.1) is 19.8 Å². The van der Waals surface area contributed by atoms with Crippen molar-refractivity contribution in [3.63, 3.8) is 0 Å². The molecule has 0 aliphatic rings. The van der Waals surface area contributed by atoms with Gasteiger partial charge in [-0.15, -0.1) is 24.8 Å². The molecule has 1 aromatic carbocycles. The molecule has 3 rings (SSSR count). The van der Waals surface area contributed by atoms with Gasteiger partial charge in [0.1, 0.15) is 6.04 Å². The molecular weight excluding hydrogens is 499 g/mol. The Labute approximate surface area is 215 Å². The molecule has 0 radical (unpaired) electrons. The van der Waals surface area contributed by atoms with Crippen LogP contribution in [0.25, 0.3) is 0 Å². The molecule has 2 heterocycles. The summed E-state index contributed by atoms with van der Waals surface area (Å²) in [5.41, 5.74) is 3.47. The lowest BCUT2D eigenvalue weighted by molar-refractivity contribution is -0.142. The van der Waals surface area contributed by atoms with Gasteiger partial charge in [0, 0.05) is 49.0 Å². The number of H-pyrrole nitrogens is 2. The van der Waals surface area contributed by atoms with Gasteiger partial charge in [-0.25, -0.2) is 14.8 Å². The van der Waals surface area contributed by atoms with Gasteiger partial charge in [-0.05, 0) is 36.1 Å². The van der Waals surface area contributed by atoms with Gasteiger partial charge in [-0.1, -0.05) is 12.1 Å². The average molecular weight is 529 g/mol. The fourth-order valence-electron chi connectivity index (χ4n) is 3.33. The number of carbonyl (C=O) groups is 2. The van der Waals surface area contributed by atoms with Gasteiger partial charge < -0.3 is 20.0 Å². The van der Waals surface area contributed by atoms with Gasteiger partial charge in [0.25, 0.3) is 5.91 Å². The van der Waals surface area contributed by atoms with Crippen molar-refractivity contribution < 1.29 is 14.3 Å². The Bertz CT molecular complexity index is 952. The second kappa shape index (κ2) is 15.4. The summed E-state index contributed by atoms with van der Waals surface area (Å²) >= 11 is 1.61. The molecule has 0 fully saturated rings. The Morgan fingerprint density at radius 3 is 2.26 bits per heavy atom. The van der Waals surface area contributed by atoms with Crippen molar-refractivity contribution in [2.45, 2.75) is 32.1 Å². The fraction of sp³-hybridized carbons (Fsp3) is 0.364. The van der Waals surface area contributed by atoms with Crippen LogP contribution in [0.1, 0.15) is 33.7 Å². The zero-order chi connectivity index (χ0) is 22.8. The van der Waals surface area contributed by atoms with E-state index in [4.69, 9.17) is 4.74 Å². The Balaban J connectivity index is 0.00000289. The van der Waals surface area contributed by atoms with Crippen molar-refractivity contribution >= 4 is 48.5 Å². The lowest BCUT2D eigenvalue weighted by Gasteiger charge is -2.21. The number of nitrogens with zero attached hydrogens (tertiary/aromatic N) is 3. The number of benzene rings is 1. The summed E-state index contributed by atoms with van der Waals surface area (Å²) in [4.78, 5) is 41.5. The first-order valence-electron chi connectivity index (χ1n) is 10.2. The van der Waals surface area contributed by atoms with Crippen molar-refractivity contribution in [3.8, 4) is 0 Å². The Hall–Kier alpha value is -2.53. The van der Waals surface area contributed by atoms with Gasteiger partial charge in [0.15, 0.2) is 0 Å². The molecule has 0 aliphatic heterocycles. The average Bonchev–Trinajstić information content (AvgIpc) is 3.50. The highest BCUT2D eigenvalue weighted by molar-refractivity contribution is 7.98. The second-order valence-corrected chi connectivity index (χ2v) is 8.32. The maximum atomic E-state index is 12.8. The van der Waals surface area contributed by atoms with Crippen molar-refractivity contribution in [3.05, 3.63) is 71.8 Å². The van der Waals surface area contributed by atoms with E-state index >= 15 is 0 Å². The first-order chi connectivity index (χ1) is 15.6. The number of carbonyl (C=O) groups excluding carboxylic acids is 2. The van der Waals surface area contributed by atoms with E-state index in [0.717, 1.165) is 22.7 Å². The van der Waals surface area contributed by atoms with Gasteiger partial charge in [-0.3, -0.25) is 9.69 Å². The molecule has 1 amide bonds. The number of aromatic amines is 2. The molecule has 186 valence electrons. The topological polar surface area (TPSA) is 116 Å². The standard InChI is InChI=1S/C22H28N6O3S.2ClH/c1-31-22(30)20(6-7-32-2)27-21(29)17-5-3-4-16(8-17)11-28(12-18-9-23-14-25-18)13-19-10-24-15-26-19;;/h3-5,8-10,14-15,20H,6-7,11-13H2,1-2H3,(H,23,25)(H,24,26)(H,27,29);2*1H/t20-;;/m0../s1. The third-order valence-corrected chi connectivity index (χ3v) is 5.54. The number of thioether (sulfide) groups is 1. The highest BCUT2D eigenvalue weighted by Gasteiger charge is 2.22. The summed E-state index contributed by atoms with van der Waals surface area (Å²) < 4.78 is 4.84. The molecule has 0 saturated carbocycles. The molecule has 12 heteroatoms. The van der Waals surface area contributed by atoms with Crippen molar-refractivity contribution in [2.75, 3.05) is 19.1 Å². The molecule has 0 saturated heterocycles. The van der Waals surface area contributed by atoms with E-state index in [1.807, 2.05) is 24.5 Å². The van der Waals surface area contributed by atoms with E-state index in [0.29, 0.717) is 31.6 Å². The minimum absolute atomic E-state index is 0. The van der Waals surface area contributed by atoms with E-state index in [-0.39, 0.29) is 30.7 Å². The van der Waals surface area contributed by atoms with Crippen LogP contribution in [0.5, 0.6) is 0 Å². The lowest BCUT2D eigenvalue weighted by atomic mass is 10.1. The second-order valence-electron chi connectivity index (χ2n) is 7.33. The summed E-state index contributed by atoms with van der Waals surface area (Å²) in [6.07, 6.45) is 9.38. The van der Waals surface area contributed by atoms with Crippen LogP contribution in [0.15, 0.2) is 49.3 Å². The molecule has 0 unspecified atom stereocenters. The predicted octanol–water partition coefficient (Wildman–Crippen LogP) is 3.20. The number of nitrogens with one attached hydrogen (secondary N) is 3. The third-order valence-electron chi connectivity index (χ3n) is 4.89. The minimum atomic E-state index is -0.666. The number of imidazole rings is 2. The molecule has 34 heavy (non-hydrogen) atoms. The van der Waals surface area contributed by atoms with Crippen LogP contribution in [0, 0.1) is 0 Å². The molecule has 0 aliphatic carbocycles. The molecule has 0 spiro atoms. The van der Waals surface area contributed by atoms with Crippen LogP contribution in [-0.2, 0) is 29.2 Å². The monoisotopic (exact) mass is 528 g/mol. The largest absolute Gasteiger partial charge is 0.467 e. The van der Waals surface area contributed by atoms with Crippen LogP contribution < -0.4 is 5.32 Å². The van der Waals surface area contributed by atoms with Crippen LogP contribution >= 0.6 is 36.6 Å². The number of aromatic nitrogens is 4. The van der Waals surface area contributed by atoms with Crippen molar-refractivity contribution in [2.24, 2.45) is 0 Å². The maximum Gasteiger partial charge on any atom is 0.328 e. The van der Waals surface area contributed by atoms with Gasteiger partial charge in [0.2, 0.25) is 0 Å². The lowest BCUT2D eigenvalue weighted by Crippen LogP contribution is -2.42. The Morgan fingerprint density at radius 1 is 1.09 bits per heavy atom. The summed E-state index contributed by atoms with van der Waals surface area (Å²) in [6, 6.07) is 6.76. The van der Waals surface area contributed by atoms with E-state index in [9.17, 15) is 9.59 Å². The minimum Gasteiger partial charge on any atom is -0.467 e. The molecule has 0 bridgehead atoms. The number of halogens is 2. The SMILES string of the molecule is COC(=O)[C@H](CCSC)NC(=O)c1cccc(CN(Cc2cnc[nH]2)Cc2cnc[nH]2)c1.Cl.Cl. The zero-order valence-corrected chi connectivity index (χ0v) is 21.5. The molecule has 9 nitrogen and oxygen atoms in total. The van der Waals surface area contributed by atoms with E-state index < -0.39 is 12.0 Å². The van der Waals surface area contributed by atoms with Crippen molar-refractivity contribution in [1.82, 2.24) is 30.2 Å². The molecule has 3 aromatic rings. The quantitative estimate of drug-likeness (QED) is 0.309. The van der Waals surface area contributed by atoms with Crippen molar-refractivity contribution in [1.29, 1.82) is 0 Å². The smallest absolute Gasteiger partial charge is 0.328 e. The van der Waals surface area contributed by atoms with Gasteiger partial charge in [-0.2, -0.15) is 11.8 Å². The van der Waals surface area contributed by atoms with Gasteiger partial charge >= 0.3 is 5.97 Å². The number of amides is 1. The highest BCUT2D eigenvalue weighted by atomic mass is 35.5. The number of esters is 1. The van der Waals surface area contributed by atoms with Crippen LogP contribution in [0.4, 0.5) is 0 Å². The molecule has 3 N–H and O–H groups in total. The third kappa shape index (κ3) is 9.02. The number of hydrogen-bond donors (Lipinski definition) is 3. The first-order valence-corrected chi connectivity index (χ1v) is 11.6.